The van der Waals surface area contributed by atoms with Gasteiger partial charge in [0.2, 0.25) is 0 Å². The average Bonchev–Trinajstić information content (AvgIpc) is 3.29. The molecule has 0 atom stereocenters. The Balaban J connectivity index is 1.40. The van der Waals surface area contributed by atoms with E-state index in [4.69, 9.17) is 21.1 Å². The predicted octanol–water partition coefficient (Wildman–Crippen LogP) is 4.71. The van der Waals surface area contributed by atoms with Crippen LogP contribution in [0.4, 0.5) is 0 Å². The number of halogens is 1. The first-order valence-corrected chi connectivity index (χ1v) is 8.73. The molecule has 1 aliphatic rings. The van der Waals surface area contributed by atoms with Crippen molar-refractivity contribution in [2.24, 2.45) is 5.92 Å². The van der Waals surface area contributed by atoms with E-state index in [-0.39, 0.29) is 0 Å². The van der Waals surface area contributed by atoms with Gasteiger partial charge in [0.15, 0.2) is 0 Å². The smallest absolute Gasteiger partial charge is 0.143 e. The van der Waals surface area contributed by atoms with Gasteiger partial charge in [-0.3, -0.25) is 0 Å². The third-order valence-electron chi connectivity index (χ3n) is 3.65. The van der Waals surface area contributed by atoms with Gasteiger partial charge >= 0.3 is 0 Å². The number of rotatable bonds is 6. The Labute approximate surface area is 143 Å². The summed E-state index contributed by atoms with van der Waals surface area (Å²) in [5.74, 6) is 2.13. The minimum atomic E-state index is 0.402. The lowest BCUT2D eigenvalue weighted by molar-refractivity contribution is 0.294. The van der Waals surface area contributed by atoms with Crippen molar-refractivity contribution in [2.75, 3.05) is 6.61 Å². The molecule has 0 amide bonds. The van der Waals surface area contributed by atoms with Gasteiger partial charge in [0, 0.05) is 12.3 Å². The summed E-state index contributed by atoms with van der Waals surface area (Å²) in [6, 6.07) is 9.35. The van der Waals surface area contributed by atoms with E-state index in [0.29, 0.717) is 23.3 Å². The zero-order chi connectivity index (χ0) is 15.6. The molecule has 0 N–H and O–H groups in total. The van der Waals surface area contributed by atoms with Gasteiger partial charge in [0.1, 0.15) is 33.5 Å². The van der Waals surface area contributed by atoms with Gasteiger partial charge < -0.3 is 9.47 Å². The second kappa shape index (κ2) is 6.34. The molecule has 1 fully saturated rings. The molecule has 0 unspecified atom stereocenters. The summed E-state index contributed by atoms with van der Waals surface area (Å²) in [5.41, 5.74) is 0.901. The normalized spacial score (nSPS) is 14.1. The second-order valence-corrected chi connectivity index (χ2v) is 7.04. The van der Waals surface area contributed by atoms with Gasteiger partial charge in [-0.25, -0.2) is 9.97 Å². The van der Waals surface area contributed by atoms with Gasteiger partial charge in [-0.1, -0.05) is 22.9 Å². The number of nitrogens with zero attached hydrogens (tertiary/aromatic N) is 2. The van der Waals surface area contributed by atoms with E-state index in [9.17, 15) is 0 Å². The van der Waals surface area contributed by atoms with Crippen molar-refractivity contribution in [1.82, 2.24) is 9.97 Å². The molecule has 2 aromatic heterocycles. The van der Waals surface area contributed by atoms with Gasteiger partial charge in [-0.2, -0.15) is 0 Å². The maximum absolute atomic E-state index is 6.25. The van der Waals surface area contributed by atoms with Crippen LogP contribution in [0.5, 0.6) is 11.5 Å². The van der Waals surface area contributed by atoms with Crippen LogP contribution in [0.25, 0.3) is 10.3 Å². The van der Waals surface area contributed by atoms with Crippen molar-refractivity contribution in [3.63, 3.8) is 0 Å². The molecule has 0 saturated heterocycles. The Kier molecular flexibility index (Phi) is 4.06. The summed E-state index contributed by atoms with van der Waals surface area (Å²) >= 11 is 7.79. The molecular formula is C17H15ClN2O2S. The van der Waals surface area contributed by atoms with E-state index in [2.05, 4.69) is 9.97 Å². The van der Waals surface area contributed by atoms with Crippen LogP contribution < -0.4 is 9.47 Å². The van der Waals surface area contributed by atoms with Crippen LogP contribution >= 0.6 is 22.9 Å². The van der Waals surface area contributed by atoms with Crippen LogP contribution in [-0.4, -0.2) is 16.6 Å². The number of aromatic nitrogens is 2. The number of fused-ring (bicyclic) bond motifs is 1. The minimum Gasteiger partial charge on any atom is -0.492 e. The standard InChI is InChI=1S/C17H15ClN2O2S/c18-13-8-12(5-6-15(13)22-9-11-3-4-11)21-10-16-20-14-2-1-7-19-17(14)23-16/h1-2,5-8,11H,3-4,9-10H2. The Hall–Kier alpha value is -1.85. The van der Waals surface area contributed by atoms with Crippen molar-refractivity contribution in [3.05, 3.63) is 46.6 Å². The number of benzene rings is 1. The Morgan fingerprint density at radius 1 is 1.22 bits per heavy atom. The monoisotopic (exact) mass is 346 g/mol. The average molecular weight is 347 g/mol. The van der Waals surface area contributed by atoms with Crippen LogP contribution in [0, 0.1) is 5.92 Å². The molecule has 4 rings (SSSR count). The number of hydrogen-bond acceptors (Lipinski definition) is 5. The molecule has 118 valence electrons. The van der Waals surface area contributed by atoms with E-state index in [1.807, 2.05) is 24.3 Å². The predicted molar refractivity (Wildman–Crippen MR) is 91.4 cm³/mol. The van der Waals surface area contributed by atoms with Crippen molar-refractivity contribution in [3.8, 4) is 11.5 Å². The van der Waals surface area contributed by atoms with E-state index in [1.165, 1.54) is 24.2 Å². The van der Waals surface area contributed by atoms with Crippen LogP contribution in [0.1, 0.15) is 17.8 Å². The van der Waals surface area contributed by atoms with Gasteiger partial charge in [-0.05, 0) is 43.0 Å². The topological polar surface area (TPSA) is 44.2 Å². The fourth-order valence-electron chi connectivity index (χ4n) is 2.20. The second-order valence-electron chi connectivity index (χ2n) is 5.57. The molecule has 4 nitrogen and oxygen atoms in total. The third kappa shape index (κ3) is 3.57. The van der Waals surface area contributed by atoms with Crippen LogP contribution in [0.2, 0.25) is 5.02 Å². The Morgan fingerprint density at radius 2 is 2.13 bits per heavy atom. The number of thiazole rings is 1. The SMILES string of the molecule is Clc1cc(OCc2nc3cccnc3s2)ccc1OCC1CC1. The fourth-order valence-corrected chi connectivity index (χ4v) is 3.24. The molecule has 1 aliphatic carbocycles. The highest BCUT2D eigenvalue weighted by Crippen LogP contribution is 2.33. The lowest BCUT2D eigenvalue weighted by Gasteiger charge is -2.09. The molecule has 3 aromatic rings. The maximum Gasteiger partial charge on any atom is 0.143 e. The quantitative estimate of drug-likeness (QED) is 0.648. The van der Waals surface area contributed by atoms with Crippen molar-refractivity contribution in [1.29, 1.82) is 0 Å². The largest absolute Gasteiger partial charge is 0.492 e. The van der Waals surface area contributed by atoms with Crippen LogP contribution in [0.3, 0.4) is 0 Å². The van der Waals surface area contributed by atoms with Crippen molar-refractivity contribution in [2.45, 2.75) is 19.4 Å². The van der Waals surface area contributed by atoms with E-state index >= 15 is 0 Å². The fraction of sp³-hybridized carbons (Fsp3) is 0.294. The highest BCUT2D eigenvalue weighted by atomic mass is 35.5. The van der Waals surface area contributed by atoms with Gasteiger partial charge in [0.05, 0.1) is 11.6 Å². The molecule has 0 radical (unpaired) electrons. The first kappa shape index (κ1) is 14.7. The molecule has 1 saturated carbocycles. The summed E-state index contributed by atoms with van der Waals surface area (Å²) in [6.45, 7) is 1.15. The maximum atomic E-state index is 6.25. The minimum absolute atomic E-state index is 0.402. The molecule has 6 heteroatoms. The molecule has 0 bridgehead atoms. The van der Waals surface area contributed by atoms with Gasteiger partial charge in [0.25, 0.3) is 0 Å². The molecule has 1 aromatic carbocycles. The summed E-state index contributed by atoms with van der Waals surface area (Å²) in [7, 11) is 0. The van der Waals surface area contributed by atoms with E-state index in [0.717, 1.165) is 27.7 Å². The zero-order valence-electron chi connectivity index (χ0n) is 12.4. The molecule has 0 aliphatic heterocycles. The molecular weight excluding hydrogens is 332 g/mol. The zero-order valence-corrected chi connectivity index (χ0v) is 13.9. The van der Waals surface area contributed by atoms with Gasteiger partial charge in [-0.15, -0.1) is 0 Å². The van der Waals surface area contributed by atoms with Crippen LogP contribution in [0.15, 0.2) is 36.5 Å². The summed E-state index contributed by atoms with van der Waals surface area (Å²) < 4.78 is 11.5. The summed E-state index contributed by atoms with van der Waals surface area (Å²) in [4.78, 5) is 9.71. The molecule has 23 heavy (non-hydrogen) atoms. The van der Waals surface area contributed by atoms with Crippen molar-refractivity contribution >= 4 is 33.3 Å². The number of hydrogen-bond donors (Lipinski definition) is 0. The first-order valence-electron chi connectivity index (χ1n) is 7.53. The Morgan fingerprint density at radius 3 is 2.91 bits per heavy atom. The summed E-state index contributed by atoms with van der Waals surface area (Å²) in [6.07, 6.45) is 4.29. The van der Waals surface area contributed by atoms with E-state index < -0.39 is 0 Å². The first-order chi connectivity index (χ1) is 11.3. The lowest BCUT2D eigenvalue weighted by atomic mass is 10.3. The summed E-state index contributed by atoms with van der Waals surface area (Å²) in [5, 5.41) is 1.47. The number of ether oxygens (including phenoxy) is 2. The van der Waals surface area contributed by atoms with Crippen molar-refractivity contribution < 1.29 is 9.47 Å². The lowest BCUT2D eigenvalue weighted by Crippen LogP contribution is -2.00. The molecule has 2 heterocycles. The number of pyridine rings is 1. The van der Waals surface area contributed by atoms with E-state index in [1.54, 1.807) is 12.3 Å². The highest BCUT2D eigenvalue weighted by Gasteiger charge is 2.22. The Bertz CT molecular complexity index is 799. The highest BCUT2D eigenvalue weighted by molar-refractivity contribution is 7.18. The third-order valence-corrected chi connectivity index (χ3v) is 4.90. The molecule has 0 spiro atoms. The van der Waals surface area contributed by atoms with Crippen LogP contribution in [-0.2, 0) is 6.61 Å².